The standard InChI is InChI=1S/C17H22N2O/c1-13-4-6-16(7-5-13)18-17(20)11-14-8-10-19-9-2-3-15(14)12-19/h4-7,11,15H,2-3,8-10,12H2,1H3,(H,18,20). The molecule has 3 rings (SSSR count). The van der Waals surface area contributed by atoms with Crippen LogP contribution >= 0.6 is 0 Å². The second-order valence-electron chi connectivity index (χ2n) is 5.96. The second kappa shape index (κ2) is 5.80. The monoisotopic (exact) mass is 270 g/mol. The predicted molar refractivity (Wildman–Crippen MR) is 81.7 cm³/mol. The molecule has 2 heterocycles. The lowest BCUT2D eigenvalue weighted by Crippen LogP contribution is -2.41. The molecule has 1 amide bonds. The van der Waals surface area contributed by atoms with Crippen molar-refractivity contribution in [3.8, 4) is 0 Å². The average molecular weight is 270 g/mol. The summed E-state index contributed by atoms with van der Waals surface area (Å²) in [4.78, 5) is 14.6. The van der Waals surface area contributed by atoms with Gasteiger partial charge in [-0.1, -0.05) is 23.3 Å². The summed E-state index contributed by atoms with van der Waals surface area (Å²) in [6, 6.07) is 7.94. The van der Waals surface area contributed by atoms with Crippen molar-refractivity contribution < 1.29 is 4.79 Å². The number of hydrogen-bond acceptors (Lipinski definition) is 2. The molecular weight excluding hydrogens is 248 g/mol. The van der Waals surface area contributed by atoms with E-state index >= 15 is 0 Å². The zero-order valence-electron chi connectivity index (χ0n) is 12.1. The van der Waals surface area contributed by atoms with E-state index in [2.05, 4.69) is 10.2 Å². The minimum Gasteiger partial charge on any atom is -0.323 e. The maximum Gasteiger partial charge on any atom is 0.248 e. The van der Waals surface area contributed by atoms with E-state index in [-0.39, 0.29) is 5.91 Å². The highest BCUT2D eigenvalue weighted by atomic mass is 16.1. The van der Waals surface area contributed by atoms with Crippen molar-refractivity contribution in [1.29, 1.82) is 0 Å². The molecule has 2 aliphatic rings. The molecule has 1 aromatic rings. The first-order valence-electron chi connectivity index (χ1n) is 7.51. The second-order valence-corrected chi connectivity index (χ2v) is 5.96. The van der Waals surface area contributed by atoms with E-state index in [4.69, 9.17) is 0 Å². The van der Waals surface area contributed by atoms with Gasteiger partial charge in [-0.3, -0.25) is 4.79 Å². The van der Waals surface area contributed by atoms with Gasteiger partial charge < -0.3 is 10.2 Å². The Balaban J connectivity index is 1.65. The zero-order chi connectivity index (χ0) is 13.9. The quantitative estimate of drug-likeness (QED) is 0.838. The number of benzene rings is 1. The van der Waals surface area contributed by atoms with Crippen molar-refractivity contribution >= 4 is 11.6 Å². The average Bonchev–Trinajstić information content (AvgIpc) is 2.45. The third kappa shape index (κ3) is 3.10. The molecule has 2 bridgehead atoms. The Hall–Kier alpha value is -1.61. The van der Waals surface area contributed by atoms with Crippen LogP contribution in [0.3, 0.4) is 0 Å². The number of anilines is 1. The number of hydrogen-bond donors (Lipinski definition) is 1. The molecule has 2 atom stereocenters. The van der Waals surface area contributed by atoms with Crippen LogP contribution in [-0.2, 0) is 4.79 Å². The molecule has 1 aromatic carbocycles. The predicted octanol–water partition coefficient (Wildman–Crippen LogP) is 2.98. The van der Waals surface area contributed by atoms with Crippen LogP contribution in [0.5, 0.6) is 0 Å². The molecule has 20 heavy (non-hydrogen) atoms. The van der Waals surface area contributed by atoms with Gasteiger partial charge in [0.15, 0.2) is 0 Å². The minimum atomic E-state index is 0.0166. The van der Waals surface area contributed by atoms with E-state index in [0.717, 1.165) is 25.2 Å². The van der Waals surface area contributed by atoms with Crippen LogP contribution in [0.15, 0.2) is 35.9 Å². The summed E-state index contributed by atoms with van der Waals surface area (Å²) >= 11 is 0. The molecule has 0 aromatic heterocycles. The Bertz CT molecular complexity index is 518. The fourth-order valence-corrected chi connectivity index (χ4v) is 3.23. The van der Waals surface area contributed by atoms with Crippen LogP contribution in [0, 0.1) is 12.8 Å². The molecule has 2 aliphatic heterocycles. The van der Waals surface area contributed by atoms with Crippen LogP contribution in [0.25, 0.3) is 0 Å². The molecule has 0 radical (unpaired) electrons. The lowest BCUT2D eigenvalue weighted by atomic mass is 9.84. The molecule has 2 fully saturated rings. The third-order valence-corrected chi connectivity index (χ3v) is 4.38. The number of nitrogens with one attached hydrogen (secondary N) is 1. The largest absolute Gasteiger partial charge is 0.323 e. The summed E-state index contributed by atoms with van der Waals surface area (Å²) in [5.41, 5.74) is 3.42. The molecule has 0 saturated carbocycles. The van der Waals surface area contributed by atoms with Gasteiger partial charge in [-0.2, -0.15) is 0 Å². The SMILES string of the molecule is Cc1ccc(NC(=O)C=C2CCN3CCCC2C3)cc1. The topological polar surface area (TPSA) is 32.3 Å². The van der Waals surface area contributed by atoms with Gasteiger partial charge in [0, 0.05) is 24.9 Å². The van der Waals surface area contributed by atoms with Crippen molar-refractivity contribution in [2.45, 2.75) is 26.2 Å². The van der Waals surface area contributed by atoms with E-state index in [1.165, 1.54) is 30.5 Å². The Kier molecular flexibility index (Phi) is 3.88. The Morgan fingerprint density at radius 2 is 2.10 bits per heavy atom. The van der Waals surface area contributed by atoms with Crippen LogP contribution in [0.2, 0.25) is 0 Å². The first-order chi connectivity index (χ1) is 9.70. The minimum absolute atomic E-state index is 0.0166. The van der Waals surface area contributed by atoms with Gasteiger partial charge in [0.25, 0.3) is 0 Å². The number of amides is 1. The molecule has 0 spiro atoms. The van der Waals surface area contributed by atoms with Gasteiger partial charge in [0.1, 0.15) is 0 Å². The van der Waals surface area contributed by atoms with E-state index in [0.29, 0.717) is 5.92 Å². The van der Waals surface area contributed by atoms with Gasteiger partial charge >= 0.3 is 0 Å². The highest BCUT2D eigenvalue weighted by Gasteiger charge is 2.27. The van der Waals surface area contributed by atoms with Gasteiger partial charge in [0.05, 0.1) is 0 Å². The highest BCUT2D eigenvalue weighted by Crippen LogP contribution is 2.30. The van der Waals surface area contributed by atoms with Gasteiger partial charge in [-0.05, 0) is 50.8 Å². The van der Waals surface area contributed by atoms with Crippen molar-refractivity contribution in [2.24, 2.45) is 5.92 Å². The summed E-state index contributed by atoms with van der Waals surface area (Å²) in [6.45, 7) is 5.54. The maximum atomic E-state index is 12.1. The van der Waals surface area contributed by atoms with Gasteiger partial charge in [0.2, 0.25) is 5.91 Å². The summed E-state index contributed by atoms with van der Waals surface area (Å²) < 4.78 is 0. The molecular formula is C17H22N2O. The zero-order valence-corrected chi connectivity index (χ0v) is 12.1. The Labute approximate surface area is 120 Å². The first-order valence-corrected chi connectivity index (χ1v) is 7.51. The highest BCUT2D eigenvalue weighted by molar-refractivity contribution is 5.99. The van der Waals surface area contributed by atoms with Crippen LogP contribution in [0.4, 0.5) is 5.69 Å². The molecule has 0 aliphatic carbocycles. The number of carbonyl (C=O) groups excluding carboxylic acids is 1. The number of piperidine rings is 2. The van der Waals surface area contributed by atoms with Crippen LogP contribution in [-0.4, -0.2) is 30.4 Å². The third-order valence-electron chi connectivity index (χ3n) is 4.38. The maximum absolute atomic E-state index is 12.1. The fraction of sp³-hybridized carbons (Fsp3) is 0.471. The van der Waals surface area contributed by atoms with Gasteiger partial charge in [-0.25, -0.2) is 0 Å². The molecule has 3 nitrogen and oxygen atoms in total. The van der Waals surface area contributed by atoms with Crippen LogP contribution < -0.4 is 5.32 Å². The van der Waals surface area contributed by atoms with Crippen LogP contribution in [0.1, 0.15) is 24.8 Å². The van der Waals surface area contributed by atoms with E-state index in [9.17, 15) is 4.79 Å². The Morgan fingerprint density at radius 3 is 2.90 bits per heavy atom. The number of carbonyl (C=O) groups is 1. The van der Waals surface area contributed by atoms with E-state index < -0.39 is 0 Å². The van der Waals surface area contributed by atoms with Crippen molar-refractivity contribution in [3.05, 3.63) is 41.5 Å². The summed E-state index contributed by atoms with van der Waals surface area (Å²) in [6.07, 6.45) is 5.39. The molecule has 2 saturated heterocycles. The molecule has 2 unspecified atom stereocenters. The molecule has 106 valence electrons. The first kappa shape index (κ1) is 13.4. The smallest absolute Gasteiger partial charge is 0.248 e. The lowest BCUT2D eigenvalue weighted by Gasteiger charge is -2.39. The summed E-state index contributed by atoms with van der Waals surface area (Å²) in [5, 5.41) is 2.96. The molecule has 1 N–H and O–H groups in total. The number of rotatable bonds is 2. The Morgan fingerprint density at radius 1 is 1.30 bits per heavy atom. The molecule has 3 heteroatoms. The van der Waals surface area contributed by atoms with Crippen molar-refractivity contribution in [3.63, 3.8) is 0 Å². The number of aryl methyl sites for hydroxylation is 1. The lowest BCUT2D eigenvalue weighted by molar-refractivity contribution is -0.112. The number of nitrogens with zero attached hydrogens (tertiary/aromatic N) is 1. The summed E-state index contributed by atoms with van der Waals surface area (Å²) in [7, 11) is 0. The van der Waals surface area contributed by atoms with Gasteiger partial charge in [-0.15, -0.1) is 0 Å². The normalized spacial score (nSPS) is 27.4. The summed E-state index contributed by atoms with van der Waals surface area (Å²) in [5.74, 6) is 0.615. The van der Waals surface area contributed by atoms with E-state index in [1.54, 1.807) is 0 Å². The fourth-order valence-electron chi connectivity index (χ4n) is 3.23. The number of fused-ring (bicyclic) bond motifs is 2. The van der Waals surface area contributed by atoms with E-state index in [1.807, 2.05) is 37.3 Å². The van der Waals surface area contributed by atoms with Crippen molar-refractivity contribution in [1.82, 2.24) is 4.90 Å². The van der Waals surface area contributed by atoms with Crippen molar-refractivity contribution in [2.75, 3.05) is 25.0 Å².